The summed E-state index contributed by atoms with van der Waals surface area (Å²) >= 11 is 0. The van der Waals surface area contributed by atoms with Gasteiger partial charge < -0.3 is 9.32 Å². The molecule has 0 unspecified atom stereocenters. The molecule has 1 heterocycles. The van der Waals surface area contributed by atoms with E-state index in [0.717, 1.165) is 18.4 Å². The first-order chi connectivity index (χ1) is 10.7. The van der Waals surface area contributed by atoms with Gasteiger partial charge in [0.1, 0.15) is 0 Å². The smallest absolute Gasteiger partial charge is 0.247 e. The van der Waals surface area contributed by atoms with E-state index in [4.69, 9.17) is 4.42 Å². The summed E-state index contributed by atoms with van der Waals surface area (Å²) in [5.41, 5.74) is 0.881. The summed E-state index contributed by atoms with van der Waals surface area (Å²) in [4.78, 5) is 13.8. The van der Waals surface area contributed by atoms with Crippen molar-refractivity contribution in [3.8, 4) is 11.5 Å². The van der Waals surface area contributed by atoms with E-state index in [1.54, 1.807) is 11.9 Å². The van der Waals surface area contributed by atoms with E-state index in [-0.39, 0.29) is 5.91 Å². The fourth-order valence-corrected chi connectivity index (χ4v) is 2.55. The van der Waals surface area contributed by atoms with Crippen LogP contribution in [-0.2, 0) is 11.3 Å². The fraction of sp³-hybridized carbons (Fsp3) is 0.353. The van der Waals surface area contributed by atoms with Crippen molar-refractivity contribution in [3.63, 3.8) is 0 Å². The van der Waals surface area contributed by atoms with Crippen LogP contribution in [0.3, 0.4) is 0 Å². The molecule has 0 saturated heterocycles. The molecule has 22 heavy (non-hydrogen) atoms. The Morgan fingerprint density at radius 3 is 2.86 bits per heavy atom. The molecule has 5 heteroatoms. The van der Waals surface area contributed by atoms with Crippen LogP contribution in [0.15, 0.2) is 46.9 Å². The second-order valence-electron chi connectivity index (χ2n) is 5.59. The van der Waals surface area contributed by atoms with Crippen LogP contribution in [0.2, 0.25) is 0 Å². The van der Waals surface area contributed by atoms with Gasteiger partial charge in [-0.25, -0.2) is 0 Å². The highest BCUT2D eigenvalue weighted by Gasteiger charge is 2.19. The van der Waals surface area contributed by atoms with Gasteiger partial charge in [-0.15, -0.1) is 10.2 Å². The van der Waals surface area contributed by atoms with Gasteiger partial charge in [0.2, 0.25) is 17.7 Å². The maximum absolute atomic E-state index is 12.2. The topological polar surface area (TPSA) is 59.2 Å². The molecule has 0 radical (unpaired) electrons. The number of carbonyl (C=O) groups is 1. The SMILES string of the molecule is CN(Cc1nnc(-c2ccccc2)o1)C(=O)C[C@H]1C=CCC1. The number of nitrogens with zero attached hydrogens (tertiary/aromatic N) is 3. The summed E-state index contributed by atoms with van der Waals surface area (Å²) in [5.74, 6) is 1.42. The zero-order valence-corrected chi connectivity index (χ0v) is 12.6. The third-order valence-corrected chi connectivity index (χ3v) is 3.83. The number of rotatable bonds is 5. The van der Waals surface area contributed by atoms with Gasteiger partial charge in [-0.05, 0) is 30.9 Å². The summed E-state index contributed by atoms with van der Waals surface area (Å²) in [6.07, 6.45) is 6.96. The monoisotopic (exact) mass is 297 g/mol. The largest absolute Gasteiger partial charge is 0.419 e. The Morgan fingerprint density at radius 1 is 1.32 bits per heavy atom. The predicted molar refractivity (Wildman–Crippen MR) is 82.7 cm³/mol. The van der Waals surface area contributed by atoms with Crippen LogP contribution in [0.5, 0.6) is 0 Å². The highest BCUT2D eigenvalue weighted by atomic mass is 16.4. The molecule has 1 aromatic heterocycles. The van der Waals surface area contributed by atoms with Crippen LogP contribution in [-0.4, -0.2) is 28.1 Å². The molecule has 0 N–H and O–H groups in total. The average Bonchev–Trinajstić information content (AvgIpc) is 3.20. The van der Waals surface area contributed by atoms with Gasteiger partial charge in [-0.2, -0.15) is 0 Å². The van der Waals surface area contributed by atoms with E-state index < -0.39 is 0 Å². The van der Waals surface area contributed by atoms with E-state index in [9.17, 15) is 4.79 Å². The summed E-state index contributed by atoms with van der Waals surface area (Å²) < 4.78 is 5.63. The minimum Gasteiger partial charge on any atom is -0.419 e. The predicted octanol–water partition coefficient (Wildman–Crippen LogP) is 3.05. The van der Waals surface area contributed by atoms with Crippen LogP contribution in [0, 0.1) is 5.92 Å². The van der Waals surface area contributed by atoms with Gasteiger partial charge in [0.25, 0.3) is 0 Å². The molecular formula is C17H19N3O2. The van der Waals surface area contributed by atoms with E-state index in [1.165, 1.54) is 0 Å². The first-order valence-corrected chi connectivity index (χ1v) is 7.51. The molecule has 114 valence electrons. The number of allylic oxidation sites excluding steroid dienone is 2. The first-order valence-electron chi connectivity index (χ1n) is 7.51. The second kappa shape index (κ2) is 6.56. The third kappa shape index (κ3) is 3.42. The molecule has 1 aliphatic rings. The Kier molecular flexibility index (Phi) is 4.32. The Balaban J connectivity index is 1.59. The zero-order chi connectivity index (χ0) is 15.4. The van der Waals surface area contributed by atoms with Gasteiger partial charge in [-0.3, -0.25) is 4.79 Å². The van der Waals surface area contributed by atoms with Crippen molar-refractivity contribution >= 4 is 5.91 Å². The van der Waals surface area contributed by atoms with Crippen LogP contribution >= 0.6 is 0 Å². The third-order valence-electron chi connectivity index (χ3n) is 3.83. The van der Waals surface area contributed by atoms with E-state index in [1.807, 2.05) is 30.3 Å². The van der Waals surface area contributed by atoms with Gasteiger partial charge in [0.05, 0.1) is 6.54 Å². The van der Waals surface area contributed by atoms with Crippen molar-refractivity contribution < 1.29 is 9.21 Å². The van der Waals surface area contributed by atoms with Gasteiger partial charge in [0.15, 0.2) is 0 Å². The van der Waals surface area contributed by atoms with Crippen molar-refractivity contribution in [2.75, 3.05) is 7.05 Å². The van der Waals surface area contributed by atoms with Gasteiger partial charge in [0, 0.05) is 19.0 Å². The molecule has 0 aliphatic heterocycles. The summed E-state index contributed by atoms with van der Waals surface area (Å²) in [6.45, 7) is 0.342. The highest BCUT2D eigenvalue weighted by Crippen LogP contribution is 2.22. The molecule has 1 atom stereocenters. The van der Waals surface area contributed by atoms with Crippen molar-refractivity contribution in [1.29, 1.82) is 0 Å². The van der Waals surface area contributed by atoms with E-state index in [0.29, 0.717) is 30.7 Å². The number of hydrogen-bond donors (Lipinski definition) is 0. The lowest BCUT2D eigenvalue weighted by molar-refractivity contribution is -0.131. The fourth-order valence-electron chi connectivity index (χ4n) is 2.55. The molecular weight excluding hydrogens is 278 g/mol. The van der Waals surface area contributed by atoms with Crippen molar-refractivity contribution in [2.24, 2.45) is 5.92 Å². The molecule has 0 fully saturated rings. The number of amides is 1. The molecule has 3 rings (SSSR count). The summed E-state index contributed by atoms with van der Waals surface area (Å²) in [5, 5.41) is 8.06. The molecule has 0 saturated carbocycles. The lowest BCUT2D eigenvalue weighted by atomic mass is 10.0. The quantitative estimate of drug-likeness (QED) is 0.796. The Labute approximate surface area is 129 Å². The minimum atomic E-state index is 0.107. The van der Waals surface area contributed by atoms with E-state index >= 15 is 0 Å². The molecule has 1 aromatic carbocycles. The van der Waals surface area contributed by atoms with Crippen molar-refractivity contribution in [3.05, 3.63) is 48.4 Å². The molecule has 0 spiro atoms. The Morgan fingerprint density at radius 2 is 2.14 bits per heavy atom. The molecule has 1 aliphatic carbocycles. The summed E-state index contributed by atoms with van der Waals surface area (Å²) in [7, 11) is 1.77. The van der Waals surface area contributed by atoms with Crippen LogP contribution in [0.25, 0.3) is 11.5 Å². The summed E-state index contributed by atoms with van der Waals surface area (Å²) in [6, 6.07) is 9.61. The van der Waals surface area contributed by atoms with Crippen LogP contribution in [0.1, 0.15) is 25.2 Å². The Bertz CT molecular complexity index is 664. The normalized spacial score (nSPS) is 16.9. The van der Waals surface area contributed by atoms with Gasteiger partial charge >= 0.3 is 0 Å². The minimum absolute atomic E-state index is 0.107. The lowest BCUT2D eigenvalue weighted by Crippen LogP contribution is -2.27. The number of benzene rings is 1. The number of hydrogen-bond acceptors (Lipinski definition) is 4. The molecule has 0 bridgehead atoms. The molecule has 1 amide bonds. The standard InChI is InChI=1S/C17H19N3O2/c1-20(16(21)11-13-7-5-6-8-13)12-15-18-19-17(22-15)14-9-3-2-4-10-14/h2-5,7,9-10,13H,6,8,11-12H2,1H3/t13-/m0/s1. The number of aromatic nitrogens is 2. The number of carbonyl (C=O) groups excluding carboxylic acids is 1. The maximum Gasteiger partial charge on any atom is 0.247 e. The van der Waals surface area contributed by atoms with Crippen LogP contribution < -0.4 is 0 Å². The highest BCUT2D eigenvalue weighted by molar-refractivity contribution is 5.76. The van der Waals surface area contributed by atoms with Crippen molar-refractivity contribution in [1.82, 2.24) is 15.1 Å². The van der Waals surface area contributed by atoms with Gasteiger partial charge in [-0.1, -0.05) is 30.4 Å². The second-order valence-corrected chi connectivity index (χ2v) is 5.59. The molecule has 2 aromatic rings. The zero-order valence-electron chi connectivity index (χ0n) is 12.6. The maximum atomic E-state index is 12.2. The van der Waals surface area contributed by atoms with Crippen molar-refractivity contribution in [2.45, 2.75) is 25.8 Å². The lowest BCUT2D eigenvalue weighted by Gasteiger charge is -2.16. The average molecular weight is 297 g/mol. The molecule has 5 nitrogen and oxygen atoms in total. The first kappa shape index (κ1) is 14.5. The Hall–Kier alpha value is -2.43. The van der Waals surface area contributed by atoms with E-state index in [2.05, 4.69) is 22.3 Å². The van der Waals surface area contributed by atoms with Crippen LogP contribution in [0.4, 0.5) is 0 Å².